The first-order chi connectivity index (χ1) is 8.24. The second-order valence-electron chi connectivity index (χ2n) is 5.61. The summed E-state index contributed by atoms with van der Waals surface area (Å²) in [6.45, 7) is 4.67. The molecule has 17 heavy (non-hydrogen) atoms. The largest absolute Gasteiger partial charge is 0.316 e. The van der Waals surface area contributed by atoms with Crippen molar-refractivity contribution in [1.29, 1.82) is 0 Å². The number of aryl methyl sites for hydroxylation is 1. The van der Waals surface area contributed by atoms with Crippen molar-refractivity contribution in [3.8, 4) is 0 Å². The van der Waals surface area contributed by atoms with Crippen molar-refractivity contribution in [1.82, 2.24) is 15.1 Å². The van der Waals surface area contributed by atoms with Crippen molar-refractivity contribution in [3.05, 3.63) is 18.0 Å². The lowest BCUT2D eigenvalue weighted by atomic mass is 9.82. The molecule has 3 nitrogen and oxygen atoms in total. The molecule has 1 N–H and O–H groups in total. The van der Waals surface area contributed by atoms with Gasteiger partial charge in [0.15, 0.2) is 0 Å². The van der Waals surface area contributed by atoms with Crippen LogP contribution < -0.4 is 5.32 Å². The van der Waals surface area contributed by atoms with E-state index in [1.54, 1.807) is 0 Å². The van der Waals surface area contributed by atoms with Crippen LogP contribution >= 0.6 is 0 Å². The molecule has 0 aliphatic heterocycles. The van der Waals surface area contributed by atoms with Gasteiger partial charge in [-0.3, -0.25) is 4.68 Å². The predicted molar refractivity (Wildman–Crippen MR) is 70.9 cm³/mol. The van der Waals surface area contributed by atoms with Crippen LogP contribution in [0.15, 0.2) is 12.4 Å². The summed E-state index contributed by atoms with van der Waals surface area (Å²) in [5, 5.41) is 7.78. The Bertz CT molecular complexity index is 332. The number of hydrogen-bond acceptors (Lipinski definition) is 2. The fourth-order valence-corrected chi connectivity index (χ4v) is 2.89. The molecular weight excluding hydrogens is 210 g/mol. The van der Waals surface area contributed by atoms with Crippen LogP contribution in [0.5, 0.6) is 0 Å². The molecule has 2 rings (SSSR count). The first kappa shape index (κ1) is 12.6. The van der Waals surface area contributed by atoms with E-state index in [4.69, 9.17) is 0 Å². The van der Waals surface area contributed by atoms with E-state index in [2.05, 4.69) is 23.5 Å². The normalized spacial score (nSPS) is 25.1. The fourth-order valence-electron chi connectivity index (χ4n) is 2.89. The number of nitrogens with zero attached hydrogens (tertiary/aromatic N) is 2. The van der Waals surface area contributed by atoms with Gasteiger partial charge in [0.25, 0.3) is 0 Å². The third kappa shape index (κ3) is 4.15. The molecule has 1 aromatic rings. The lowest BCUT2D eigenvalue weighted by molar-refractivity contribution is 0.275. The molecule has 0 radical (unpaired) electrons. The van der Waals surface area contributed by atoms with Crippen molar-refractivity contribution in [2.75, 3.05) is 13.1 Å². The predicted octanol–water partition coefficient (Wildman–Crippen LogP) is 2.38. The average Bonchev–Trinajstić information content (AvgIpc) is 2.71. The second kappa shape index (κ2) is 6.20. The Morgan fingerprint density at radius 2 is 2.35 bits per heavy atom. The zero-order valence-electron chi connectivity index (χ0n) is 11.2. The van der Waals surface area contributed by atoms with Crippen LogP contribution in [0, 0.1) is 11.8 Å². The highest BCUT2D eigenvalue weighted by atomic mass is 15.2. The molecule has 3 heteroatoms. The van der Waals surface area contributed by atoms with Crippen molar-refractivity contribution in [2.24, 2.45) is 18.9 Å². The molecule has 96 valence electrons. The van der Waals surface area contributed by atoms with Gasteiger partial charge in [0, 0.05) is 13.2 Å². The maximum atomic E-state index is 4.18. The number of hydrogen-bond donors (Lipinski definition) is 1. The molecule has 0 aromatic carbocycles. The van der Waals surface area contributed by atoms with E-state index in [9.17, 15) is 0 Å². The topological polar surface area (TPSA) is 29.9 Å². The molecule has 1 saturated carbocycles. The Kier molecular flexibility index (Phi) is 4.60. The van der Waals surface area contributed by atoms with Crippen molar-refractivity contribution in [3.63, 3.8) is 0 Å². The van der Waals surface area contributed by atoms with Crippen LogP contribution in [0.2, 0.25) is 0 Å². The molecule has 1 aliphatic carbocycles. The van der Waals surface area contributed by atoms with Gasteiger partial charge in [-0.2, -0.15) is 5.10 Å². The van der Waals surface area contributed by atoms with Crippen LogP contribution in [0.4, 0.5) is 0 Å². The molecule has 1 aromatic heterocycles. The summed E-state index contributed by atoms with van der Waals surface area (Å²) >= 11 is 0. The van der Waals surface area contributed by atoms with Gasteiger partial charge in [0.1, 0.15) is 0 Å². The van der Waals surface area contributed by atoms with Gasteiger partial charge in [0.2, 0.25) is 0 Å². The summed E-state index contributed by atoms with van der Waals surface area (Å²) in [6, 6.07) is 0. The van der Waals surface area contributed by atoms with E-state index in [-0.39, 0.29) is 0 Å². The van der Waals surface area contributed by atoms with Crippen molar-refractivity contribution < 1.29 is 0 Å². The molecule has 0 bridgehead atoms. The van der Waals surface area contributed by atoms with Crippen LogP contribution in [-0.2, 0) is 13.5 Å². The van der Waals surface area contributed by atoms with Gasteiger partial charge in [-0.15, -0.1) is 0 Å². The van der Waals surface area contributed by atoms with Gasteiger partial charge in [0.05, 0.1) is 6.20 Å². The molecule has 1 fully saturated rings. The monoisotopic (exact) mass is 235 g/mol. The summed E-state index contributed by atoms with van der Waals surface area (Å²) < 4.78 is 1.87. The van der Waals surface area contributed by atoms with E-state index in [1.165, 1.54) is 37.8 Å². The van der Waals surface area contributed by atoms with E-state index >= 15 is 0 Å². The Morgan fingerprint density at radius 1 is 1.47 bits per heavy atom. The lowest BCUT2D eigenvalue weighted by Gasteiger charge is -2.26. The molecule has 0 spiro atoms. The zero-order chi connectivity index (χ0) is 12.1. The second-order valence-corrected chi connectivity index (χ2v) is 5.61. The minimum Gasteiger partial charge on any atom is -0.316 e. The number of aromatic nitrogens is 2. The van der Waals surface area contributed by atoms with E-state index < -0.39 is 0 Å². The summed E-state index contributed by atoms with van der Waals surface area (Å²) in [5.74, 6) is 1.85. The third-order valence-electron chi connectivity index (χ3n) is 3.83. The smallest absolute Gasteiger partial charge is 0.0522 e. The lowest BCUT2D eigenvalue weighted by Crippen LogP contribution is -2.28. The van der Waals surface area contributed by atoms with Gasteiger partial charge < -0.3 is 5.32 Å². The molecule has 2 unspecified atom stereocenters. The summed E-state index contributed by atoms with van der Waals surface area (Å²) in [6.07, 6.45) is 10.9. The van der Waals surface area contributed by atoms with Gasteiger partial charge in [-0.05, 0) is 49.8 Å². The van der Waals surface area contributed by atoms with Crippen LogP contribution in [0.1, 0.15) is 38.2 Å². The van der Waals surface area contributed by atoms with Crippen LogP contribution in [0.3, 0.4) is 0 Å². The zero-order valence-corrected chi connectivity index (χ0v) is 11.2. The van der Waals surface area contributed by atoms with Gasteiger partial charge in [-0.1, -0.05) is 19.8 Å². The molecule has 2 atom stereocenters. The van der Waals surface area contributed by atoms with Crippen molar-refractivity contribution in [2.45, 2.75) is 39.0 Å². The molecular formula is C14H25N3. The molecule has 0 amide bonds. The SMILES string of the molecule is CC1CCCC(CNCCc2cnn(C)c2)C1. The minimum absolute atomic E-state index is 0.910. The quantitative estimate of drug-likeness (QED) is 0.794. The Balaban J connectivity index is 1.59. The highest BCUT2D eigenvalue weighted by molar-refractivity contribution is 5.03. The van der Waals surface area contributed by atoms with Gasteiger partial charge in [-0.25, -0.2) is 0 Å². The average molecular weight is 235 g/mol. The number of nitrogens with one attached hydrogen (secondary N) is 1. The summed E-state index contributed by atoms with van der Waals surface area (Å²) in [7, 11) is 1.97. The number of rotatable bonds is 5. The molecule has 1 heterocycles. The summed E-state index contributed by atoms with van der Waals surface area (Å²) in [4.78, 5) is 0. The van der Waals surface area contributed by atoms with Crippen LogP contribution in [0.25, 0.3) is 0 Å². The van der Waals surface area contributed by atoms with E-state index in [0.717, 1.165) is 24.8 Å². The highest BCUT2D eigenvalue weighted by Gasteiger charge is 2.17. The van der Waals surface area contributed by atoms with Crippen molar-refractivity contribution >= 4 is 0 Å². The standard InChI is InChI=1S/C14H25N3/c1-12-4-3-5-13(8-12)9-15-7-6-14-10-16-17(2)11-14/h10-13,15H,3-9H2,1-2H3. The Morgan fingerprint density at radius 3 is 3.06 bits per heavy atom. The first-order valence-electron chi connectivity index (χ1n) is 6.92. The molecule has 0 saturated heterocycles. The fraction of sp³-hybridized carbons (Fsp3) is 0.786. The minimum atomic E-state index is 0.910. The van der Waals surface area contributed by atoms with E-state index in [1.807, 2.05) is 17.9 Å². The summed E-state index contributed by atoms with van der Waals surface area (Å²) in [5.41, 5.74) is 1.33. The Labute approximate surface area is 105 Å². The molecule has 1 aliphatic rings. The highest BCUT2D eigenvalue weighted by Crippen LogP contribution is 2.27. The third-order valence-corrected chi connectivity index (χ3v) is 3.83. The van der Waals surface area contributed by atoms with Crippen LogP contribution in [-0.4, -0.2) is 22.9 Å². The van der Waals surface area contributed by atoms with Gasteiger partial charge >= 0.3 is 0 Å². The first-order valence-corrected chi connectivity index (χ1v) is 6.92. The Hall–Kier alpha value is -0.830. The van der Waals surface area contributed by atoms with E-state index in [0.29, 0.717) is 0 Å². The maximum Gasteiger partial charge on any atom is 0.0522 e. The maximum absolute atomic E-state index is 4.18.